The fourth-order valence-electron chi connectivity index (χ4n) is 1.69. The number of rotatable bonds is 2. The third-order valence-corrected chi connectivity index (χ3v) is 4.32. The molecule has 0 bridgehead atoms. The van der Waals surface area contributed by atoms with Crippen molar-refractivity contribution in [2.75, 3.05) is 0 Å². The highest BCUT2D eigenvalue weighted by molar-refractivity contribution is 14.1. The van der Waals surface area contributed by atoms with Crippen molar-refractivity contribution in [3.63, 3.8) is 0 Å². The van der Waals surface area contributed by atoms with Crippen LogP contribution in [-0.4, -0.2) is 15.4 Å². The van der Waals surface area contributed by atoms with Gasteiger partial charge >= 0.3 is 5.97 Å². The molecule has 80 valence electrons. The lowest BCUT2D eigenvalue weighted by Gasteiger charge is -2.13. The third-order valence-electron chi connectivity index (χ3n) is 2.69. The van der Waals surface area contributed by atoms with E-state index in [1.807, 2.05) is 12.1 Å². The Morgan fingerprint density at radius 2 is 1.80 bits per heavy atom. The van der Waals surface area contributed by atoms with Gasteiger partial charge in [0.15, 0.2) is 0 Å². The summed E-state index contributed by atoms with van der Waals surface area (Å²) in [4.78, 5) is 11.2. The van der Waals surface area contributed by atoms with Crippen LogP contribution in [0.25, 0.3) is 0 Å². The summed E-state index contributed by atoms with van der Waals surface area (Å²) in [7, 11) is 0. The average molecular weight is 357 g/mol. The van der Waals surface area contributed by atoms with Crippen molar-refractivity contribution in [2.45, 2.75) is 16.2 Å². The largest absolute Gasteiger partial charge is 0.480 e. The molecule has 0 aromatic heterocycles. The molecule has 1 saturated carbocycles. The first-order valence-corrected chi connectivity index (χ1v) is 6.11. The summed E-state index contributed by atoms with van der Waals surface area (Å²) in [5.41, 5.74) is -0.458. The number of alkyl halides is 2. The minimum Gasteiger partial charge on any atom is -0.480 e. The fraction of sp³-hybridized carbons (Fsp3) is 0.300. The van der Waals surface area contributed by atoms with Crippen molar-refractivity contribution in [1.29, 1.82) is 0 Å². The summed E-state index contributed by atoms with van der Waals surface area (Å²) >= 11 is 14.0. The van der Waals surface area contributed by atoms with Gasteiger partial charge in [-0.3, -0.25) is 4.79 Å². The van der Waals surface area contributed by atoms with E-state index in [1.54, 1.807) is 12.1 Å². The fourth-order valence-corrected chi connectivity index (χ4v) is 2.83. The van der Waals surface area contributed by atoms with E-state index in [1.165, 1.54) is 0 Å². The van der Waals surface area contributed by atoms with Crippen molar-refractivity contribution in [3.05, 3.63) is 33.4 Å². The van der Waals surface area contributed by atoms with Crippen molar-refractivity contribution in [1.82, 2.24) is 0 Å². The molecule has 0 amide bonds. The molecule has 5 heteroatoms. The molecule has 1 aliphatic rings. The number of aliphatic carboxylic acids is 1. The Kier molecular flexibility index (Phi) is 2.68. The van der Waals surface area contributed by atoms with E-state index in [0.29, 0.717) is 5.56 Å². The summed E-state index contributed by atoms with van der Waals surface area (Å²) in [6, 6.07) is 7.23. The second-order valence-electron chi connectivity index (χ2n) is 3.60. The summed E-state index contributed by atoms with van der Waals surface area (Å²) in [6.45, 7) is 0. The van der Waals surface area contributed by atoms with Crippen LogP contribution in [0, 0.1) is 3.57 Å². The topological polar surface area (TPSA) is 37.3 Å². The van der Waals surface area contributed by atoms with Crippen LogP contribution in [-0.2, 0) is 10.2 Å². The summed E-state index contributed by atoms with van der Waals surface area (Å²) < 4.78 is -0.127. The van der Waals surface area contributed by atoms with Crippen LogP contribution >= 0.6 is 45.8 Å². The average Bonchev–Trinajstić information content (AvgIpc) is 2.72. The number of carboxylic acid groups (broad SMARTS) is 1. The molecule has 0 saturated heterocycles. The molecular weight excluding hydrogens is 350 g/mol. The highest BCUT2D eigenvalue weighted by Crippen LogP contribution is 2.64. The first kappa shape index (κ1) is 11.5. The molecule has 1 atom stereocenters. The summed E-state index contributed by atoms with van der Waals surface area (Å²) in [6.07, 6.45) is 0.263. The molecule has 1 unspecified atom stereocenters. The monoisotopic (exact) mass is 356 g/mol. The molecule has 1 fully saturated rings. The molecule has 1 N–H and O–H groups in total. The summed E-state index contributed by atoms with van der Waals surface area (Å²) in [5.74, 6) is -0.964. The number of hydrogen-bond donors (Lipinski definition) is 1. The van der Waals surface area contributed by atoms with Gasteiger partial charge in [0.25, 0.3) is 0 Å². The molecule has 2 rings (SSSR count). The minimum atomic E-state index is -1.17. The maximum Gasteiger partial charge on any atom is 0.317 e. The quantitative estimate of drug-likeness (QED) is 0.652. The van der Waals surface area contributed by atoms with Gasteiger partial charge in [0.1, 0.15) is 9.75 Å². The molecule has 0 spiro atoms. The predicted octanol–water partition coefficient (Wildman–Crippen LogP) is 3.19. The Hall–Kier alpha value is -0.000000000000000111. The van der Waals surface area contributed by atoms with E-state index in [9.17, 15) is 9.90 Å². The van der Waals surface area contributed by atoms with E-state index < -0.39 is 15.7 Å². The lowest BCUT2D eigenvalue weighted by Crippen LogP contribution is -2.26. The van der Waals surface area contributed by atoms with Gasteiger partial charge in [0.05, 0.1) is 0 Å². The third kappa shape index (κ3) is 1.65. The molecule has 15 heavy (non-hydrogen) atoms. The molecule has 0 aliphatic heterocycles. The van der Waals surface area contributed by atoms with Crippen molar-refractivity contribution >= 4 is 51.8 Å². The normalized spacial score (nSPS) is 27.4. The lowest BCUT2D eigenvalue weighted by atomic mass is 9.96. The van der Waals surface area contributed by atoms with Gasteiger partial charge in [0, 0.05) is 9.99 Å². The van der Waals surface area contributed by atoms with Gasteiger partial charge in [0.2, 0.25) is 0 Å². The Morgan fingerprint density at radius 1 is 1.33 bits per heavy atom. The van der Waals surface area contributed by atoms with Crippen LogP contribution in [0.2, 0.25) is 0 Å². The number of halogens is 3. The molecule has 1 aliphatic carbocycles. The van der Waals surface area contributed by atoms with Gasteiger partial charge < -0.3 is 5.11 Å². The van der Waals surface area contributed by atoms with Crippen LogP contribution < -0.4 is 0 Å². The van der Waals surface area contributed by atoms with Crippen molar-refractivity contribution in [2.24, 2.45) is 0 Å². The van der Waals surface area contributed by atoms with E-state index in [2.05, 4.69) is 22.6 Å². The van der Waals surface area contributed by atoms with Crippen LogP contribution in [0.1, 0.15) is 12.0 Å². The predicted molar refractivity (Wildman–Crippen MR) is 67.5 cm³/mol. The van der Waals surface area contributed by atoms with Crippen LogP contribution in [0.5, 0.6) is 0 Å². The Morgan fingerprint density at radius 3 is 2.13 bits per heavy atom. The van der Waals surface area contributed by atoms with Crippen LogP contribution in [0.15, 0.2) is 24.3 Å². The zero-order chi connectivity index (χ0) is 11.3. The Labute approximate surface area is 111 Å². The molecule has 1 aromatic carbocycles. The van der Waals surface area contributed by atoms with Gasteiger partial charge in [-0.1, -0.05) is 35.3 Å². The molecule has 1 aromatic rings. The second kappa shape index (κ2) is 3.50. The van der Waals surface area contributed by atoms with E-state index in [4.69, 9.17) is 23.2 Å². The smallest absolute Gasteiger partial charge is 0.317 e. The van der Waals surface area contributed by atoms with Gasteiger partial charge in [-0.2, -0.15) is 0 Å². The van der Waals surface area contributed by atoms with Crippen LogP contribution in [0.3, 0.4) is 0 Å². The van der Waals surface area contributed by atoms with E-state index in [-0.39, 0.29) is 6.42 Å². The molecule has 0 heterocycles. The number of hydrogen-bond acceptors (Lipinski definition) is 1. The lowest BCUT2D eigenvalue weighted by molar-refractivity contribution is -0.140. The van der Waals surface area contributed by atoms with Crippen LogP contribution in [0.4, 0.5) is 0 Å². The number of carbonyl (C=O) groups is 1. The van der Waals surface area contributed by atoms with Gasteiger partial charge in [-0.25, -0.2) is 0 Å². The highest BCUT2D eigenvalue weighted by Gasteiger charge is 2.72. The molecular formula is C10H7Cl2IO2. The maximum atomic E-state index is 11.2. The molecule has 2 nitrogen and oxygen atoms in total. The molecule has 0 radical (unpaired) electrons. The van der Waals surface area contributed by atoms with Crippen molar-refractivity contribution < 1.29 is 9.90 Å². The van der Waals surface area contributed by atoms with Crippen molar-refractivity contribution in [3.8, 4) is 0 Å². The first-order chi connectivity index (χ1) is 6.90. The number of benzene rings is 1. The second-order valence-corrected chi connectivity index (χ2v) is 6.33. The number of carboxylic acids is 1. The van der Waals surface area contributed by atoms with E-state index >= 15 is 0 Å². The Bertz CT molecular complexity index is 416. The van der Waals surface area contributed by atoms with E-state index in [0.717, 1.165) is 3.57 Å². The summed E-state index contributed by atoms with van der Waals surface area (Å²) in [5, 5.41) is 9.19. The maximum absolute atomic E-state index is 11.2. The van der Waals surface area contributed by atoms with Gasteiger partial charge in [-0.15, -0.1) is 0 Å². The zero-order valence-electron chi connectivity index (χ0n) is 7.51. The Balaban J connectivity index is 2.45. The zero-order valence-corrected chi connectivity index (χ0v) is 11.2. The SMILES string of the molecule is O=C(O)C1(c2ccc(I)cc2)CC1(Cl)Cl. The first-order valence-electron chi connectivity index (χ1n) is 4.27. The minimum absolute atomic E-state index is 0.263. The van der Waals surface area contributed by atoms with Gasteiger partial charge in [-0.05, 0) is 40.3 Å². The highest BCUT2D eigenvalue weighted by atomic mass is 127. The standard InChI is InChI=1S/C10H7Cl2IO2/c11-10(12)5-9(10,8(14)15)6-1-3-7(13)4-2-6/h1-4H,5H2,(H,14,15).